The second-order valence-corrected chi connectivity index (χ2v) is 5.32. The third-order valence-corrected chi connectivity index (χ3v) is 3.11. The molecule has 1 heterocycles. The fourth-order valence-corrected chi connectivity index (χ4v) is 1.93. The predicted molar refractivity (Wildman–Crippen MR) is 82.5 cm³/mol. The largest absolute Gasteiger partial charge is 0.481 e. The van der Waals surface area contributed by atoms with Crippen molar-refractivity contribution in [3.8, 4) is 5.75 Å². The van der Waals surface area contributed by atoms with Crippen molar-refractivity contribution < 1.29 is 9.53 Å². The van der Waals surface area contributed by atoms with E-state index in [9.17, 15) is 4.79 Å². The van der Waals surface area contributed by atoms with Gasteiger partial charge in [0.05, 0.1) is 6.20 Å². The van der Waals surface area contributed by atoms with E-state index in [0.717, 1.165) is 5.56 Å². The van der Waals surface area contributed by atoms with Crippen LogP contribution < -0.4 is 10.1 Å². The van der Waals surface area contributed by atoms with Gasteiger partial charge in [-0.25, -0.2) is 4.68 Å². The van der Waals surface area contributed by atoms with Gasteiger partial charge in [-0.1, -0.05) is 17.7 Å². The number of nitrogens with zero attached hydrogens (tertiary/aromatic N) is 2. The van der Waals surface area contributed by atoms with Gasteiger partial charge in [-0.2, -0.15) is 5.10 Å². The molecular weight excluding hydrogens is 266 g/mol. The fraction of sp³-hybridized carbons (Fsp3) is 0.375. The maximum atomic E-state index is 12.2. The summed E-state index contributed by atoms with van der Waals surface area (Å²) in [7, 11) is 0. The van der Waals surface area contributed by atoms with Crippen LogP contribution in [-0.4, -0.2) is 21.8 Å². The number of rotatable bonds is 5. The number of hydrogen-bond acceptors (Lipinski definition) is 3. The summed E-state index contributed by atoms with van der Waals surface area (Å²) in [6, 6.07) is 9.58. The lowest BCUT2D eigenvalue weighted by Gasteiger charge is -2.16. The molecule has 1 aromatic heterocycles. The van der Waals surface area contributed by atoms with Crippen LogP contribution in [-0.2, 0) is 4.79 Å². The number of nitrogens with one attached hydrogen (secondary N) is 1. The van der Waals surface area contributed by atoms with Gasteiger partial charge < -0.3 is 10.1 Å². The zero-order chi connectivity index (χ0) is 15.4. The molecule has 5 heteroatoms. The van der Waals surface area contributed by atoms with Crippen LogP contribution >= 0.6 is 0 Å². The maximum Gasteiger partial charge on any atom is 0.266 e. The number of ether oxygens (including phenoxy) is 1. The summed E-state index contributed by atoms with van der Waals surface area (Å²) in [5, 5.41) is 7.02. The number of amides is 1. The Kier molecular flexibility index (Phi) is 4.62. The van der Waals surface area contributed by atoms with E-state index in [1.807, 2.05) is 45.0 Å². The highest BCUT2D eigenvalue weighted by molar-refractivity contribution is 5.93. The average molecular weight is 287 g/mol. The zero-order valence-corrected chi connectivity index (χ0v) is 12.8. The lowest BCUT2D eigenvalue weighted by molar-refractivity contribution is -0.122. The van der Waals surface area contributed by atoms with Gasteiger partial charge in [-0.15, -0.1) is 0 Å². The number of hydrogen-bond donors (Lipinski definition) is 1. The van der Waals surface area contributed by atoms with Crippen molar-refractivity contribution >= 4 is 11.7 Å². The van der Waals surface area contributed by atoms with Crippen molar-refractivity contribution in [1.29, 1.82) is 0 Å². The van der Waals surface area contributed by atoms with E-state index in [1.54, 1.807) is 23.9 Å². The van der Waals surface area contributed by atoms with Crippen molar-refractivity contribution in [2.24, 2.45) is 0 Å². The molecule has 112 valence electrons. The molecule has 1 unspecified atom stereocenters. The number of aryl methyl sites for hydroxylation is 1. The minimum atomic E-state index is -0.580. The Morgan fingerprint density at radius 2 is 1.86 bits per heavy atom. The van der Waals surface area contributed by atoms with Gasteiger partial charge in [0.25, 0.3) is 5.91 Å². The lowest BCUT2D eigenvalue weighted by Crippen LogP contribution is -2.31. The molecule has 0 aliphatic rings. The summed E-state index contributed by atoms with van der Waals surface area (Å²) in [5.41, 5.74) is 1.15. The van der Waals surface area contributed by atoms with Gasteiger partial charge >= 0.3 is 0 Å². The first kappa shape index (κ1) is 15.1. The molecule has 0 aliphatic carbocycles. The first-order chi connectivity index (χ1) is 9.97. The topological polar surface area (TPSA) is 56.1 Å². The van der Waals surface area contributed by atoms with Gasteiger partial charge in [-0.3, -0.25) is 4.79 Å². The number of carbonyl (C=O) groups is 1. The van der Waals surface area contributed by atoms with Crippen LogP contribution in [0.4, 0.5) is 5.82 Å². The molecule has 1 aromatic carbocycles. The number of carbonyl (C=O) groups excluding carboxylic acids is 1. The van der Waals surface area contributed by atoms with Gasteiger partial charge in [-0.05, 0) is 39.8 Å². The van der Waals surface area contributed by atoms with Gasteiger partial charge in [0, 0.05) is 12.1 Å². The first-order valence-electron chi connectivity index (χ1n) is 7.05. The molecule has 0 saturated heterocycles. The standard InChI is InChI=1S/C16H21N3O2/c1-11(2)19-15(9-10-17-19)18-16(20)13(4)21-14-7-5-12(3)6-8-14/h5-11,13H,1-4H3,(H,18,20). The first-order valence-corrected chi connectivity index (χ1v) is 7.05. The van der Waals surface area contributed by atoms with Crippen molar-refractivity contribution in [3.05, 3.63) is 42.1 Å². The maximum absolute atomic E-state index is 12.2. The number of anilines is 1. The van der Waals surface area contributed by atoms with E-state index in [1.165, 1.54) is 0 Å². The highest BCUT2D eigenvalue weighted by Gasteiger charge is 2.17. The van der Waals surface area contributed by atoms with Crippen LogP contribution in [0.1, 0.15) is 32.4 Å². The SMILES string of the molecule is Cc1ccc(OC(C)C(=O)Nc2ccnn2C(C)C)cc1. The number of benzene rings is 1. The van der Waals surface area contributed by atoms with E-state index in [2.05, 4.69) is 10.4 Å². The minimum absolute atomic E-state index is 0.184. The summed E-state index contributed by atoms with van der Waals surface area (Å²) >= 11 is 0. The van der Waals surface area contributed by atoms with Crippen molar-refractivity contribution in [2.45, 2.75) is 39.8 Å². The fourth-order valence-electron chi connectivity index (χ4n) is 1.93. The van der Waals surface area contributed by atoms with E-state index < -0.39 is 6.10 Å². The Balaban J connectivity index is 1.99. The molecule has 0 aliphatic heterocycles. The molecule has 0 saturated carbocycles. The van der Waals surface area contributed by atoms with Crippen molar-refractivity contribution in [2.75, 3.05) is 5.32 Å². The molecule has 0 spiro atoms. The van der Waals surface area contributed by atoms with Crippen LogP contribution in [0.2, 0.25) is 0 Å². The lowest BCUT2D eigenvalue weighted by atomic mass is 10.2. The summed E-state index contributed by atoms with van der Waals surface area (Å²) in [5.74, 6) is 1.16. The monoisotopic (exact) mass is 287 g/mol. The molecule has 1 amide bonds. The highest BCUT2D eigenvalue weighted by Crippen LogP contribution is 2.16. The summed E-state index contributed by atoms with van der Waals surface area (Å²) < 4.78 is 7.40. The van der Waals surface area contributed by atoms with E-state index >= 15 is 0 Å². The Bertz CT molecular complexity index is 602. The summed E-state index contributed by atoms with van der Waals surface area (Å²) in [6.07, 6.45) is 1.09. The molecule has 2 rings (SSSR count). The Labute approximate surface area is 124 Å². The van der Waals surface area contributed by atoms with Crippen LogP contribution in [0, 0.1) is 6.92 Å². The van der Waals surface area contributed by atoms with Crippen LogP contribution in [0.25, 0.3) is 0 Å². The van der Waals surface area contributed by atoms with Crippen LogP contribution in [0.15, 0.2) is 36.5 Å². The zero-order valence-electron chi connectivity index (χ0n) is 12.8. The van der Waals surface area contributed by atoms with Crippen molar-refractivity contribution in [1.82, 2.24) is 9.78 Å². The summed E-state index contributed by atoms with van der Waals surface area (Å²) in [4.78, 5) is 12.2. The minimum Gasteiger partial charge on any atom is -0.481 e. The predicted octanol–water partition coefficient (Wildman–Crippen LogP) is 3.18. The van der Waals surface area contributed by atoms with E-state index in [4.69, 9.17) is 4.74 Å². The third-order valence-electron chi connectivity index (χ3n) is 3.11. The van der Waals surface area contributed by atoms with E-state index in [-0.39, 0.29) is 11.9 Å². The second-order valence-electron chi connectivity index (χ2n) is 5.32. The van der Waals surface area contributed by atoms with Gasteiger partial charge in [0.1, 0.15) is 11.6 Å². The normalized spacial score (nSPS) is 12.2. The quantitative estimate of drug-likeness (QED) is 0.919. The molecular formula is C16H21N3O2. The molecule has 1 N–H and O–H groups in total. The molecule has 0 radical (unpaired) electrons. The Morgan fingerprint density at radius 1 is 1.19 bits per heavy atom. The average Bonchev–Trinajstić information content (AvgIpc) is 2.89. The van der Waals surface area contributed by atoms with Crippen LogP contribution in [0.5, 0.6) is 5.75 Å². The molecule has 1 atom stereocenters. The van der Waals surface area contributed by atoms with Crippen LogP contribution in [0.3, 0.4) is 0 Å². The molecule has 2 aromatic rings. The number of aromatic nitrogens is 2. The summed E-state index contributed by atoms with van der Waals surface area (Å²) in [6.45, 7) is 7.75. The van der Waals surface area contributed by atoms with Crippen molar-refractivity contribution in [3.63, 3.8) is 0 Å². The Morgan fingerprint density at radius 3 is 2.48 bits per heavy atom. The third kappa shape index (κ3) is 3.84. The molecule has 21 heavy (non-hydrogen) atoms. The highest BCUT2D eigenvalue weighted by atomic mass is 16.5. The molecule has 5 nitrogen and oxygen atoms in total. The van der Waals surface area contributed by atoms with E-state index in [0.29, 0.717) is 11.6 Å². The molecule has 0 fully saturated rings. The van der Waals surface area contributed by atoms with Gasteiger partial charge in [0.2, 0.25) is 0 Å². The molecule has 0 bridgehead atoms. The smallest absolute Gasteiger partial charge is 0.266 e. The van der Waals surface area contributed by atoms with Gasteiger partial charge in [0.15, 0.2) is 6.10 Å². The Hall–Kier alpha value is -2.30. The second kappa shape index (κ2) is 6.43.